The van der Waals surface area contributed by atoms with E-state index in [1.165, 1.54) is 31.4 Å². The summed E-state index contributed by atoms with van der Waals surface area (Å²) in [5.74, 6) is -0.766. The Labute approximate surface area is 169 Å². The molecular formula is C19H19F4N3O4. The van der Waals surface area contributed by atoms with Crippen molar-refractivity contribution in [2.24, 2.45) is 5.73 Å². The van der Waals surface area contributed by atoms with Crippen molar-refractivity contribution in [3.05, 3.63) is 47.2 Å². The average molecular weight is 429 g/mol. The van der Waals surface area contributed by atoms with E-state index in [1.807, 2.05) is 0 Å². The molecule has 0 aliphatic carbocycles. The summed E-state index contributed by atoms with van der Waals surface area (Å²) in [7, 11) is 1.33. The molecule has 3 rings (SSSR count). The van der Waals surface area contributed by atoms with Crippen molar-refractivity contribution in [3.63, 3.8) is 0 Å². The molecular weight excluding hydrogens is 410 g/mol. The van der Waals surface area contributed by atoms with Crippen molar-refractivity contribution in [1.82, 2.24) is 9.88 Å². The maximum absolute atomic E-state index is 13.6. The monoisotopic (exact) mass is 429 g/mol. The molecule has 1 aromatic heterocycles. The Bertz CT molecular complexity index is 928. The number of aliphatic hydroxyl groups excluding tert-OH is 1. The van der Waals surface area contributed by atoms with E-state index in [0.29, 0.717) is 0 Å². The van der Waals surface area contributed by atoms with E-state index in [1.54, 1.807) is 0 Å². The zero-order chi connectivity index (χ0) is 22.1. The lowest BCUT2D eigenvalue weighted by molar-refractivity contribution is -0.141. The highest BCUT2D eigenvalue weighted by molar-refractivity contribution is 5.95. The van der Waals surface area contributed by atoms with Crippen LogP contribution in [0.5, 0.6) is 17.4 Å². The number of benzene rings is 1. The van der Waals surface area contributed by atoms with Crippen LogP contribution in [0.3, 0.4) is 0 Å². The van der Waals surface area contributed by atoms with Crippen molar-refractivity contribution < 1.29 is 36.9 Å². The zero-order valence-electron chi connectivity index (χ0n) is 15.8. The highest BCUT2D eigenvalue weighted by Gasteiger charge is 2.35. The highest BCUT2D eigenvalue weighted by atomic mass is 19.4. The third-order valence-corrected chi connectivity index (χ3v) is 4.48. The van der Waals surface area contributed by atoms with Crippen molar-refractivity contribution in [1.29, 1.82) is 0 Å². The minimum atomic E-state index is -4.70. The van der Waals surface area contributed by atoms with Crippen LogP contribution in [-0.2, 0) is 12.7 Å². The largest absolute Gasteiger partial charge is 0.497 e. The predicted octanol–water partition coefficient (Wildman–Crippen LogP) is 2.51. The number of hydrogen-bond acceptors (Lipinski definition) is 6. The lowest BCUT2D eigenvalue weighted by Crippen LogP contribution is -2.29. The minimum Gasteiger partial charge on any atom is -0.497 e. The topological polar surface area (TPSA) is 97.9 Å². The third kappa shape index (κ3) is 4.79. The summed E-state index contributed by atoms with van der Waals surface area (Å²) >= 11 is 0. The summed E-state index contributed by atoms with van der Waals surface area (Å²) in [5, 5.41) is 9.53. The molecule has 7 nitrogen and oxygen atoms in total. The number of rotatable bonds is 5. The molecule has 2 atom stereocenters. The first kappa shape index (κ1) is 21.8. The quantitative estimate of drug-likeness (QED) is 0.709. The number of carbonyl (C=O) groups is 1. The SMILES string of the molecule is COc1cc(Oc2cc(CN)cc(C(F)(F)F)n2)cc(C(=O)N2C[C@@H](O)[C@H](F)C2)c1. The minimum absolute atomic E-state index is 0.0101. The van der Waals surface area contributed by atoms with Crippen molar-refractivity contribution in [3.8, 4) is 17.4 Å². The standard InChI is InChI=1S/C19H19F4N3O4/c1-29-12-4-11(18(28)26-8-14(20)15(27)9-26)5-13(6-12)30-17-3-10(7-24)2-16(25-17)19(21,22)23/h2-6,14-15,27H,7-9,24H2,1H3/t14-,15-/m1/s1. The van der Waals surface area contributed by atoms with E-state index in [0.717, 1.165) is 11.0 Å². The van der Waals surface area contributed by atoms with Crippen LogP contribution in [-0.4, -0.2) is 53.4 Å². The van der Waals surface area contributed by atoms with Crippen LogP contribution in [0.1, 0.15) is 21.6 Å². The molecule has 1 saturated heterocycles. The van der Waals surface area contributed by atoms with E-state index in [-0.39, 0.29) is 48.1 Å². The highest BCUT2D eigenvalue weighted by Crippen LogP contribution is 2.33. The number of nitrogens with two attached hydrogens (primary N) is 1. The van der Waals surface area contributed by atoms with E-state index >= 15 is 0 Å². The summed E-state index contributed by atoms with van der Waals surface area (Å²) < 4.78 is 63.3. The molecule has 0 spiro atoms. The summed E-state index contributed by atoms with van der Waals surface area (Å²) in [6, 6.07) is 6.07. The van der Waals surface area contributed by atoms with Crippen LogP contribution in [0.4, 0.5) is 17.6 Å². The Morgan fingerprint density at radius 1 is 1.23 bits per heavy atom. The number of likely N-dealkylation sites (tertiary alicyclic amines) is 1. The fourth-order valence-electron chi connectivity index (χ4n) is 2.96. The maximum Gasteiger partial charge on any atom is 0.433 e. The van der Waals surface area contributed by atoms with Crippen LogP contribution < -0.4 is 15.2 Å². The smallest absolute Gasteiger partial charge is 0.433 e. The van der Waals surface area contributed by atoms with Crippen molar-refractivity contribution in [2.75, 3.05) is 20.2 Å². The number of hydrogen-bond donors (Lipinski definition) is 2. The zero-order valence-corrected chi connectivity index (χ0v) is 15.8. The van der Waals surface area contributed by atoms with Crippen molar-refractivity contribution in [2.45, 2.75) is 25.0 Å². The second-order valence-electron chi connectivity index (χ2n) is 6.69. The van der Waals surface area contributed by atoms with Gasteiger partial charge in [0, 0.05) is 30.8 Å². The van der Waals surface area contributed by atoms with Gasteiger partial charge in [0.15, 0.2) is 0 Å². The van der Waals surface area contributed by atoms with Gasteiger partial charge in [-0.05, 0) is 23.8 Å². The number of aromatic nitrogens is 1. The van der Waals surface area contributed by atoms with E-state index in [2.05, 4.69) is 4.98 Å². The van der Waals surface area contributed by atoms with Gasteiger partial charge in [0.2, 0.25) is 5.88 Å². The Kier molecular flexibility index (Phi) is 6.13. The van der Waals surface area contributed by atoms with Crippen LogP contribution in [0.2, 0.25) is 0 Å². The molecule has 1 aromatic carbocycles. The number of amides is 1. The van der Waals surface area contributed by atoms with Gasteiger partial charge >= 0.3 is 6.18 Å². The van der Waals surface area contributed by atoms with Crippen LogP contribution in [0.25, 0.3) is 0 Å². The molecule has 0 saturated carbocycles. The molecule has 30 heavy (non-hydrogen) atoms. The number of nitrogens with zero attached hydrogens (tertiary/aromatic N) is 2. The molecule has 11 heteroatoms. The number of carbonyl (C=O) groups excluding carboxylic acids is 1. The van der Waals surface area contributed by atoms with Gasteiger partial charge < -0.3 is 25.2 Å². The van der Waals surface area contributed by atoms with Crippen LogP contribution in [0, 0.1) is 0 Å². The molecule has 3 N–H and O–H groups in total. The van der Waals surface area contributed by atoms with Gasteiger partial charge in [-0.15, -0.1) is 0 Å². The van der Waals surface area contributed by atoms with Crippen molar-refractivity contribution >= 4 is 5.91 Å². The number of pyridine rings is 1. The van der Waals surface area contributed by atoms with Gasteiger partial charge in [-0.3, -0.25) is 4.79 Å². The number of β-amino-alcohol motifs (C(OH)–C–C–N with tert-alkyl or cyclic N) is 1. The average Bonchev–Trinajstić information content (AvgIpc) is 3.04. The molecule has 0 unspecified atom stereocenters. The number of ether oxygens (including phenoxy) is 2. The lowest BCUT2D eigenvalue weighted by atomic mass is 10.1. The van der Waals surface area contributed by atoms with Gasteiger partial charge in [0.25, 0.3) is 5.91 Å². The Hall–Kier alpha value is -2.92. The van der Waals surface area contributed by atoms with Crippen LogP contribution >= 0.6 is 0 Å². The number of methoxy groups -OCH3 is 1. The maximum atomic E-state index is 13.6. The predicted molar refractivity (Wildman–Crippen MR) is 97.0 cm³/mol. The molecule has 162 valence electrons. The molecule has 1 amide bonds. The molecule has 2 aromatic rings. The van der Waals surface area contributed by atoms with E-state index in [4.69, 9.17) is 15.2 Å². The normalized spacial score (nSPS) is 19.1. The van der Waals surface area contributed by atoms with Gasteiger partial charge in [0.05, 0.1) is 13.7 Å². The number of halogens is 4. The summed E-state index contributed by atoms with van der Waals surface area (Å²) in [4.78, 5) is 17.2. The first-order chi connectivity index (χ1) is 14.1. The fraction of sp³-hybridized carbons (Fsp3) is 0.368. The first-order valence-electron chi connectivity index (χ1n) is 8.87. The summed E-state index contributed by atoms with van der Waals surface area (Å²) in [6.45, 7) is -0.615. The number of aliphatic hydroxyl groups is 1. The van der Waals surface area contributed by atoms with E-state index < -0.39 is 30.1 Å². The third-order valence-electron chi connectivity index (χ3n) is 4.48. The second-order valence-corrected chi connectivity index (χ2v) is 6.69. The van der Waals surface area contributed by atoms with Gasteiger partial charge in [0.1, 0.15) is 29.5 Å². The fourth-order valence-corrected chi connectivity index (χ4v) is 2.96. The summed E-state index contributed by atoms with van der Waals surface area (Å²) in [5.41, 5.74) is 4.50. The van der Waals surface area contributed by atoms with Crippen LogP contribution in [0.15, 0.2) is 30.3 Å². The first-order valence-corrected chi connectivity index (χ1v) is 8.87. The molecule has 1 aliphatic rings. The molecule has 0 bridgehead atoms. The Morgan fingerprint density at radius 2 is 1.93 bits per heavy atom. The Morgan fingerprint density at radius 3 is 2.50 bits per heavy atom. The van der Waals surface area contributed by atoms with Gasteiger partial charge in [-0.1, -0.05) is 0 Å². The summed E-state index contributed by atoms with van der Waals surface area (Å²) in [6.07, 6.45) is -7.53. The van der Waals surface area contributed by atoms with Gasteiger partial charge in [-0.2, -0.15) is 13.2 Å². The second kappa shape index (κ2) is 8.44. The molecule has 1 fully saturated rings. The Balaban J connectivity index is 1.92. The molecule has 1 aliphatic heterocycles. The van der Waals surface area contributed by atoms with E-state index in [9.17, 15) is 27.5 Å². The molecule has 2 heterocycles. The lowest BCUT2D eigenvalue weighted by Gasteiger charge is -2.17. The molecule has 0 radical (unpaired) electrons. The van der Waals surface area contributed by atoms with Gasteiger partial charge in [-0.25, -0.2) is 9.37 Å². The number of alkyl halides is 4.